The fraction of sp³-hybridized carbons (Fsp3) is 0.846. The zero-order valence-corrected chi connectivity index (χ0v) is 11.3. The lowest BCUT2D eigenvalue weighted by Crippen LogP contribution is -2.38. The lowest BCUT2D eigenvalue weighted by atomic mass is 9.89. The molecule has 3 nitrogen and oxygen atoms in total. The maximum atomic E-state index is 5.12. The van der Waals surface area contributed by atoms with Crippen molar-refractivity contribution in [3.63, 3.8) is 0 Å². The first-order chi connectivity index (χ1) is 7.55. The molecule has 0 heterocycles. The van der Waals surface area contributed by atoms with E-state index in [0.717, 1.165) is 39.3 Å². The number of ether oxygens (including phenoxy) is 2. The van der Waals surface area contributed by atoms with Crippen LogP contribution in [0.4, 0.5) is 0 Å². The molecule has 96 valence electrons. The van der Waals surface area contributed by atoms with Crippen LogP contribution >= 0.6 is 0 Å². The van der Waals surface area contributed by atoms with E-state index in [-0.39, 0.29) is 5.41 Å². The van der Waals surface area contributed by atoms with Crippen molar-refractivity contribution >= 4 is 0 Å². The summed E-state index contributed by atoms with van der Waals surface area (Å²) in [6.45, 7) is 12.8. The summed E-state index contributed by atoms with van der Waals surface area (Å²) in [4.78, 5) is 2.39. The highest BCUT2D eigenvalue weighted by Gasteiger charge is 2.19. The molecule has 0 aliphatic rings. The topological polar surface area (TPSA) is 21.7 Å². The van der Waals surface area contributed by atoms with E-state index in [1.54, 1.807) is 14.2 Å². The van der Waals surface area contributed by atoms with Crippen LogP contribution < -0.4 is 0 Å². The Labute approximate surface area is 100 Å². The summed E-state index contributed by atoms with van der Waals surface area (Å²) >= 11 is 0. The largest absolute Gasteiger partial charge is 0.383 e. The minimum Gasteiger partial charge on any atom is -0.383 e. The smallest absolute Gasteiger partial charge is 0.0589 e. The van der Waals surface area contributed by atoms with Gasteiger partial charge in [-0.15, -0.1) is 6.58 Å². The highest BCUT2D eigenvalue weighted by Crippen LogP contribution is 2.21. The van der Waals surface area contributed by atoms with Gasteiger partial charge in [-0.1, -0.05) is 19.9 Å². The Morgan fingerprint density at radius 3 is 2.00 bits per heavy atom. The molecule has 0 unspecified atom stereocenters. The maximum Gasteiger partial charge on any atom is 0.0589 e. The van der Waals surface area contributed by atoms with Gasteiger partial charge in [-0.05, 0) is 11.8 Å². The molecule has 0 rings (SSSR count). The summed E-state index contributed by atoms with van der Waals surface area (Å²) in [7, 11) is 3.48. The minimum atomic E-state index is 0.267. The Bertz CT molecular complexity index is 173. The van der Waals surface area contributed by atoms with Gasteiger partial charge in [-0.2, -0.15) is 0 Å². The molecule has 0 aromatic rings. The van der Waals surface area contributed by atoms with E-state index in [9.17, 15) is 0 Å². The Morgan fingerprint density at radius 2 is 1.62 bits per heavy atom. The second-order valence-electron chi connectivity index (χ2n) is 4.92. The van der Waals surface area contributed by atoms with Crippen LogP contribution in [0, 0.1) is 5.41 Å². The second kappa shape index (κ2) is 8.74. The lowest BCUT2D eigenvalue weighted by Gasteiger charge is -2.31. The first-order valence-corrected chi connectivity index (χ1v) is 5.87. The normalized spacial score (nSPS) is 12.1. The van der Waals surface area contributed by atoms with Crippen LogP contribution in [0.2, 0.25) is 0 Å². The van der Waals surface area contributed by atoms with Crippen molar-refractivity contribution in [2.75, 3.05) is 47.1 Å². The van der Waals surface area contributed by atoms with Crippen LogP contribution in [0.25, 0.3) is 0 Å². The molecule has 0 radical (unpaired) electrons. The molecule has 0 bridgehead atoms. The SMILES string of the molecule is C=CCC(C)(C)CN(CCOC)CCOC. The van der Waals surface area contributed by atoms with Gasteiger partial charge in [0.1, 0.15) is 0 Å². The number of methoxy groups -OCH3 is 2. The Morgan fingerprint density at radius 1 is 1.12 bits per heavy atom. The Kier molecular flexibility index (Phi) is 8.53. The van der Waals surface area contributed by atoms with Gasteiger partial charge < -0.3 is 9.47 Å². The van der Waals surface area contributed by atoms with Gasteiger partial charge in [-0.3, -0.25) is 4.90 Å². The third kappa shape index (κ3) is 7.85. The fourth-order valence-corrected chi connectivity index (χ4v) is 1.77. The van der Waals surface area contributed by atoms with E-state index in [0.29, 0.717) is 0 Å². The third-order valence-corrected chi connectivity index (χ3v) is 2.57. The van der Waals surface area contributed by atoms with Crippen molar-refractivity contribution in [1.29, 1.82) is 0 Å². The third-order valence-electron chi connectivity index (χ3n) is 2.57. The zero-order valence-electron chi connectivity index (χ0n) is 11.3. The molecule has 0 aromatic carbocycles. The summed E-state index contributed by atoms with van der Waals surface area (Å²) in [6.07, 6.45) is 3.02. The molecule has 0 saturated carbocycles. The quantitative estimate of drug-likeness (QED) is 0.536. The monoisotopic (exact) mass is 229 g/mol. The van der Waals surface area contributed by atoms with E-state index in [1.165, 1.54) is 0 Å². The predicted octanol–water partition coefficient (Wildman–Crippen LogP) is 2.18. The Hall–Kier alpha value is -0.380. The van der Waals surface area contributed by atoms with Crippen LogP contribution in [-0.4, -0.2) is 52.0 Å². The molecule has 0 aliphatic heterocycles. The van der Waals surface area contributed by atoms with Crippen molar-refractivity contribution in [3.8, 4) is 0 Å². The molecule has 0 N–H and O–H groups in total. The number of allylic oxidation sites excluding steroid dienone is 1. The van der Waals surface area contributed by atoms with Crippen molar-refractivity contribution in [2.45, 2.75) is 20.3 Å². The lowest BCUT2D eigenvalue weighted by molar-refractivity contribution is 0.0893. The maximum absolute atomic E-state index is 5.12. The first-order valence-electron chi connectivity index (χ1n) is 5.87. The Balaban J connectivity index is 4.10. The van der Waals surface area contributed by atoms with E-state index < -0.39 is 0 Å². The van der Waals surface area contributed by atoms with Gasteiger partial charge in [0.05, 0.1) is 13.2 Å². The summed E-state index contributed by atoms with van der Waals surface area (Å²) in [6, 6.07) is 0. The van der Waals surface area contributed by atoms with E-state index in [2.05, 4.69) is 25.3 Å². The van der Waals surface area contributed by atoms with Crippen molar-refractivity contribution < 1.29 is 9.47 Å². The van der Waals surface area contributed by atoms with Crippen molar-refractivity contribution in [2.24, 2.45) is 5.41 Å². The van der Waals surface area contributed by atoms with Gasteiger partial charge in [0.2, 0.25) is 0 Å². The first kappa shape index (κ1) is 15.6. The predicted molar refractivity (Wildman–Crippen MR) is 68.8 cm³/mol. The van der Waals surface area contributed by atoms with Crippen LogP contribution in [0.1, 0.15) is 20.3 Å². The van der Waals surface area contributed by atoms with Crippen LogP contribution in [0.5, 0.6) is 0 Å². The van der Waals surface area contributed by atoms with E-state index in [4.69, 9.17) is 9.47 Å². The molecule has 3 heteroatoms. The van der Waals surface area contributed by atoms with Crippen molar-refractivity contribution in [3.05, 3.63) is 12.7 Å². The summed E-state index contributed by atoms with van der Waals surface area (Å²) < 4.78 is 10.2. The molecule has 0 atom stereocenters. The molecule has 16 heavy (non-hydrogen) atoms. The molecule has 0 saturated heterocycles. The summed E-state index contributed by atoms with van der Waals surface area (Å²) in [5.74, 6) is 0. The van der Waals surface area contributed by atoms with Crippen LogP contribution in [0.3, 0.4) is 0 Å². The number of nitrogens with zero attached hydrogens (tertiary/aromatic N) is 1. The van der Waals surface area contributed by atoms with Gasteiger partial charge >= 0.3 is 0 Å². The molecule has 0 amide bonds. The van der Waals surface area contributed by atoms with Gasteiger partial charge in [0.15, 0.2) is 0 Å². The van der Waals surface area contributed by atoms with E-state index >= 15 is 0 Å². The summed E-state index contributed by atoms with van der Waals surface area (Å²) in [5.41, 5.74) is 0.267. The van der Waals surface area contributed by atoms with E-state index in [1.807, 2.05) is 6.08 Å². The number of hydrogen-bond donors (Lipinski definition) is 0. The second-order valence-corrected chi connectivity index (χ2v) is 4.92. The average molecular weight is 229 g/mol. The average Bonchev–Trinajstić information content (AvgIpc) is 2.21. The van der Waals surface area contributed by atoms with Gasteiger partial charge in [-0.25, -0.2) is 0 Å². The fourth-order valence-electron chi connectivity index (χ4n) is 1.77. The molecule has 0 aliphatic carbocycles. The molecular weight excluding hydrogens is 202 g/mol. The van der Waals surface area contributed by atoms with Gasteiger partial charge in [0, 0.05) is 33.9 Å². The standard InChI is InChI=1S/C13H27NO2/c1-6-7-13(2,3)12-14(8-10-15-4)9-11-16-5/h6H,1,7-12H2,2-5H3. The molecular formula is C13H27NO2. The van der Waals surface area contributed by atoms with Crippen LogP contribution in [0.15, 0.2) is 12.7 Å². The molecule has 0 aromatic heterocycles. The highest BCUT2D eigenvalue weighted by atomic mass is 16.5. The minimum absolute atomic E-state index is 0.267. The number of rotatable bonds is 10. The van der Waals surface area contributed by atoms with Crippen molar-refractivity contribution in [1.82, 2.24) is 4.90 Å². The number of hydrogen-bond acceptors (Lipinski definition) is 3. The highest BCUT2D eigenvalue weighted by molar-refractivity contribution is 4.82. The zero-order chi connectivity index (χ0) is 12.4. The molecule has 0 fully saturated rings. The molecule has 0 spiro atoms. The van der Waals surface area contributed by atoms with Crippen LogP contribution in [-0.2, 0) is 9.47 Å². The van der Waals surface area contributed by atoms with Gasteiger partial charge in [0.25, 0.3) is 0 Å². The summed E-state index contributed by atoms with van der Waals surface area (Å²) in [5, 5.41) is 0.